The largest absolute Gasteiger partial charge is 0.339 e. The van der Waals surface area contributed by atoms with E-state index in [0.717, 1.165) is 5.56 Å². The lowest BCUT2D eigenvalue weighted by molar-refractivity contribution is 0.412. The molecule has 0 atom stereocenters. The normalized spacial score (nSPS) is 11.9. The zero-order chi connectivity index (χ0) is 14.6. The molecule has 2 rings (SSSR count). The maximum absolute atomic E-state index is 12.5. The number of imidazole rings is 1. The second kappa shape index (κ2) is 6.17. The average molecular weight is 294 g/mol. The summed E-state index contributed by atoms with van der Waals surface area (Å²) in [5.74, 6) is 0. The van der Waals surface area contributed by atoms with Crippen molar-refractivity contribution >= 4 is 10.0 Å². The summed E-state index contributed by atoms with van der Waals surface area (Å²) in [6.07, 6.45) is 2.96. The van der Waals surface area contributed by atoms with Crippen molar-refractivity contribution in [3.63, 3.8) is 0 Å². The molecular formula is C13H18N4O2S. The Hall–Kier alpha value is -1.70. The van der Waals surface area contributed by atoms with Crippen molar-refractivity contribution in [2.45, 2.75) is 11.6 Å². The summed E-state index contributed by atoms with van der Waals surface area (Å²) in [6, 6.07) is 9.42. The fourth-order valence-corrected chi connectivity index (χ4v) is 3.28. The van der Waals surface area contributed by atoms with Gasteiger partial charge in [-0.1, -0.05) is 30.3 Å². The van der Waals surface area contributed by atoms with Gasteiger partial charge >= 0.3 is 0 Å². The maximum atomic E-state index is 12.5. The first-order valence-corrected chi connectivity index (χ1v) is 7.70. The molecule has 0 radical (unpaired) electrons. The standard InChI is InChI=1S/C13H18N4O2S/c1-16-10-13(15-11-16)20(18,19)17(8-7-14)9-12-5-3-2-4-6-12/h2-6,10-11H,7-9,14H2,1H3. The summed E-state index contributed by atoms with van der Waals surface area (Å²) in [5, 5.41) is 0.0457. The van der Waals surface area contributed by atoms with Crippen LogP contribution in [-0.2, 0) is 23.6 Å². The van der Waals surface area contributed by atoms with E-state index in [-0.39, 0.29) is 24.7 Å². The van der Waals surface area contributed by atoms with Crippen LogP contribution in [-0.4, -0.2) is 35.4 Å². The summed E-state index contributed by atoms with van der Waals surface area (Å²) < 4.78 is 28.0. The van der Waals surface area contributed by atoms with Crippen LogP contribution in [0, 0.1) is 0 Å². The summed E-state index contributed by atoms with van der Waals surface area (Å²) in [7, 11) is -1.89. The second-order valence-corrected chi connectivity index (χ2v) is 6.38. The second-order valence-electron chi connectivity index (χ2n) is 4.49. The monoisotopic (exact) mass is 294 g/mol. The van der Waals surface area contributed by atoms with Crippen LogP contribution >= 0.6 is 0 Å². The fourth-order valence-electron chi connectivity index (χ4n) is 1.87. The molecule has 1 heterocycles. The van der Waals surface area contributed by atoms with Gasteiger partial charge in [0.25, 0.3) is 10.0 Å². The number of nitrogens with two attached hydrogens (primary N) is 1. The zero-order valence-electron chi connectivity index (χ0n) is 11.3. The number of hydrogen-bond acceptors (Lipinski definition) is 4. The molecule has 2 aromatic rings. The molecule has 0 aliphatic carbocycles. The zero-order valence-corrected chi connectivity index (χ0v) is 12.1. The molecule has 7 heteroatoms. The number of sulfonamides is 1. The summed E-state index contributed by atoms with van der Waals surface area (Å²) in [4.78, 5) is 3.92. The highest BCUT2D eigenvalue weighted by Gasteiger charge is 2.26. The van der Waals surface area contributed by atoms with Gasteiger partial charge in [-0.2, -0.15) is 4.31 Å². The van der Waals surface area contributed by atoms with Gasteiger partial charge in [-0.25, -0.2) is 13.4 Å². The highest BCUT2D eigenvalue weighted by Crippen LogP contribution is 2.16. The van der Waals surface area contributed by atoms with E-state index < -0.39 is 10.0 Å². The molecule has 0 saturated heterocycles. The molecule has 6 nitrogen and oxygen atoms in total. The maximum Gasteiger partial charge on any atom is 0.262 e. The van der Waals surface area contributed by atoms with E-state index in [0.29, 0.717) is 0 Å². The van der Waals surface area contributed by atoms with Crippen molar-refractivity contribution in [1.29, 1.82) is 0 Å². The Morgan fingerprint density at radius 3 is 2.55 bits per heavy atom. The summed E-state index contributed by atoms with van der Waals surface area (Å²) in [6.45, 7) is 0.809. The van der Waals surface area contributed by atoms with Crippen molar-refractivity contribution in [3.8, 4) is 0 Å². The number of rotatable bonds is 6. The van der Waals surface area contributed by atoms with Crippen LogP contribution in [0.2, 0.25) is 0 Å². The van der Waals surface area contributed by atoms with E-state index in [9.17, 15) is 8.42 Å². The molecule has 20 heavy (non-hydrogen) atoms. The van der Waals surface area contributed by atoms with Gasteiger partial charge < -0.3 is 10.3 Å². The van der Waals surface area contributed by atoms with Gasteiger partial charge in [0.05, 0.1) is 6.33 Å². The van der Waals surface area contributed by atoms with E-state index in [4.69, 9.17) is 5.73 Å². The molecule has 1 aromatic heterocycles. The Bertz CT molecular complexity index is 652. The topological polar surface area (TPSA) is 81.2 Å². The number of benzene rings is 1. The minimum absolute atomic E-state index is 0.0457. The molecule has 0 saturated carbocycles. The van der Waals surface area contributed by atoms with E-state index in [2.05, 4.69) is 4.98 Å². The molecule has 1 aromatic carbocycles. The molecule has 0 aliphatic heterocycles. The number of aromatic nitrogens is 2. The van der Waals surface area contributed by atoms with Crippen LogP contribution in [0.3, 0.4) is 0 Å². The van der Waals surface area contributed by atoms with Gasteiger partial charge in [-0.3, -0.25) is 0 Å². The van der Waals surface area contributed by atoms with Crippen LogP contribution in [0.15, 0.2) is 47.9 Å². The third-order valence-corrected chi connectivity index (χ3v) is 4.60. The minimum Gasteiger partial charge on any atom is -0.339 e. The molecule has 0 unspecified atom stereocenters. The molecule has 0 amide bonds. The Morgan fingerprint density at radius 2 is 2.00 bits per heavy atom. The van der Waals surface area contributed by atoms with Crippen molar-refractivity contribution in [3.05, 3.63) is 48.4 Å². The van der Waals surface area contributed by atoms with Gasteiger partial charge in [0.1, 0.15) is 0 Å². The van der Waals surface area contributed by atoms with Gasteiger partial charge in [0, 0.05) is 32.9 Å². The Labute approximate surface area is 118 Å². The predicted molar refractivity (Wildman–Crippen MR) is 76.3 cm³/mol. The third-order valence-electron chi connectivity index (χ3n) is 2.87. The SMILES string of the molecule is Cn1cnc(S(=O)(=O)N(CCN)Cc2ccccc2)c1. The van der Waals surface area contributed by atoms with Crippen molar-refractivity contribution in [2.24, 2.45) is 12.8 Å². The van der Waals surface area contributed by atoms with Gasteiger partial charge in [0.15, 0.2) is 5.03 Å². The van der Waals surface area contributed by atoms with Crippen LogP contribution in [0.5, 0.6) is 0 Å². The number of nitrogens with zero attached hydrogens (tertiary/aromatic N) is 3. The lowest BCUT2D eigenvalue weighted by Gasteiger charge is -2.20. The van der Waals surface area contributed by atoms with E-state index >= 15 is 0 Å². The number of hydrogen-bond donors (Lipinski definition) is 1. The highest BCUT2D eigenvalue weighted by molar-refractivity contribution is 7.89. The lowest BCUT2D eigenvalue weighted by Crippen LogP contribution is -2.35. The molecular weight excluding hydrogens is 276 g/mol. The van der Waals surface area contributed by atoms with Gasteiger partial charge in [-0.15, -0.1) is 0 Å². The van der Waals surface area contributed by atoms with Crippen molar-refractivity contribution in [2.75, 3.05) is 13.1 Å². The Morgan fingerprint density at radius 1 is 1.30 bits per heavy atom. The van der Waals surface area contributed by atoms with Crippen LogP contribution in [0.25, 0.3) is 0 Å². The van der Waals surface area contributed by atoms with Crippen molar-refractivity contribution in [1.82, 2.24) is 13.9 Å². The minimum atomic E-state index is -3.62. The van der Waals surface area contributed by atoms with Gasteiger partial charge in [0.2, 0.25) is 0 Å². The van der Waals surface area contributed by atoms with E-state index in [1.165, 1.54) is 16.8 Å². The van der Waals surface area contributed by atoms with Crippen molar-refractivity contribution < 1.29 is 8.42 Å². The molecule has 0 aliphatic rings. The third kappa shape index (κ3) is 3.24. The first-order valence-electron chi connectivity index (χ1n) is 6.26. The Kier molecular flexibility index (Phi) is 4.53. The smallest absolute Gasteiger partial charge is 0.262 e. The van der Waals surface area contributed by atoms with Crippen LogP contribution in [0.1, 0.15) is 5.56 Å². The highest BCUT2D eigenvalue weighted by atomic mass is 32.2. The number of aryl methyl sites for hydroxylation is 1. The Balaban J connectivity index is 2.28. The van der Waals surface area contributed by atoms with E-state index in [1.54, 1.807) is 11.6 Å². The molecule has 0 bridgehead atoms. The molecule has 2 N–H and O–H groups in total. The quantitative estimate of drug-likeness (QED) is 0.844. The first-order chi connectivity index (χ1) is 9.54. The van der Waals surface area contributed by atoms with Crippen LogP contribution < -0.4 is 5.73 Å². The molecule has 0 fully saturated rings. The lowest BCUT2D eigenvalue weighted by atomic mass is 10.2. The molecule has 108 valence electrons. The van der Waals surface area contributed by atoms with Gasteiger partial charge in [-0.05, 0) is 5.56 Å². The van der Waals surface area contributed by atoms with Crippen LogP contribution in [0.4, 0.5) is 0 Å². The first kappa shape index (κ1) is 14.7. The summed E-state index contributed by atoms with van der Waals surface area (Å²) in [5.41, 5.74) is 6.45. The average Bonchev–Trinajstić information content (AvgIpc) is 2.87. The summed E-state index contributed by atoms with van der Waals surface area (Å²) >= 11 is 0. The van der Waals surface area contributed by atoms with E-state index in [1.807, 2.05) is 30.3 Å². The molecule has 0 spiro atoms. The fraction of sp³-hybridized carbons (Fsp3) is 0.308. The predicted octanol–water partition coefficient (Wildman–Crippen LogP) is 0.570.